The number of likely N-dealkylation sites (N-methyl/N-ethyl adjacent to an activating group) is 1. The number of piperazine rings is 1. The highest BCUT2D eigenvalue weighted by Gasteiger charge is 2.37. The van der Waals surface area contributed by atoms with Crippen LogP contribution >= 0.6 is 0 Å². The van der Waals surface area contributed by atoms with Gasteiger partial charge in [-0.25, -0.2) is 26.7 Å². The first-order chi connectivity index (χ1) is 17.6. The number of rotatable bonds is 5. The molecule has 5 heterocycles. The highest BCUT2D eigenvalue weighted by atomic mass is 32.2. The summed E-state index contributed by atoms with van der Waals surface area (Å²) in [6, 6.07) is 0. The Morgan fingerprint density at radius 3 is 2.49 bits per heavy atom. The van der Waals surface area contributed by atoms with E-state index >= 15 is 0 Å². The van der Waals surface area contributed by atoms with Crippen LogP contribution in [0, 0.1) is 11.6 Å². The molecule has 2 aliphatic heterocycles. The van der Waals surface area contributed by atoms with Crippen molar-refractivity contribution in [2.45, 2.75) is 18.1 Å². The molecule has 0 atom stereocenters. The average molecular weight is 536 g/mol. The highest BCUT2D eigenvalue weighted by Crippen LogP contribution is 2.33. The number of sulfonamides is 1. The average Bonchev–Trinajstić information content (AvgIpc) is 3.19. The third kappa shape index (κ3) is 4.81. The van der Waals surface area contributed by atoms with Crippen LogP contribution in [0.4, 0.5) is 26.0 Å². The molecule has 5 rings (SSSR count). The number of fused-ring (bicyclic) bond motifs is 1. The van der Waals surface area contributed by atoms with Gasteiger partial charge >= 0.3 is 0 Å². The number of halogens is 2. The van der Waals surface area contributed by atoms with Crippen molar-refractivity contribution in [1.82, 2.24) is 28.8 Å². The summed E-state index contributed by atoms with van der Waals surface area (Å²) in [5.41, 5.74) is 6.02. The van der Waals surface area contributed by atoms with Gasteiger partial charge in [-0.1, -0.05) is 0 Å². The van der Waals surface area contributed by atoms with E-state index in [-0.39, 0.29) is 41.5 Å². The van der Waals surface area contributed by atoms with Crippen LogP contribution in [0.1, 0.15) is 23.2 Å². The number of nitrogens with two attached hydrogens (primary N) is 1. The van der Waals surface area contributed by atoms with Gasteiger partial charge in [0.2, 0.25) is 10.0 Å². The fourth-order valence-electron chi connectivity index (χ4n) is 4.80. The summed E-state index contributed by atoms with van der Waals surface area (Å²) in [6.07, 6.45) is 4.94. The van der Waals surface area contributed by atoms with Gasteiger partial charge in [-0.2, -0.15) is 4.31 Å². The molecule has 0 spiro atoms. The molecule has 37 heavy (non-hydrogen) atoms. The first kappa shape index (κ1) is 25.2. The van der Waals surface area contributed by atoms with Gasteiger partial charge in [-0.05, 0) is 19.9 Å². The summed E-state index contributed by atoms with van der Waals surface area (Å²) in [6.45, 7) is 2.85. The van der Waals surface area contributed by atoms with E-state index in [0.29, 0.717) is 39.0 Å². The lowest BCUT2D eigenvalue weighted by Crippen LogP contribution is -2.52. The molecule has 0 unspecified atom stereocenters. The van der Waals surface area contributed by atoms with E-state index < -0.39 is 32.8 Å². The van der Waals surface area contributed by atoms with Crippen molar-refractivity contribution in [3.8, 4) is 0 Å². The molecule has 3 aromatic rings. The minimum Gasteiger partial charge on any atom is -0.381 e. The predicted octanol–water partition coefficient (Wildman–Crippen LogP) is 0.783. The van der Waals surface area contributed by atoms with Crippen molar-refractivity contribution >= 4 is 38.8 Å². The van der Waals surface area contributed by atoms with Crippen molar-refractivity contribution in [2.24, 2.45) is 0 Å². The molecule has 3 aromatic heterocycles. The van der Waals surface area contributed by atoms with Crippen LogP contribution in [0.15, 0.2) is 24.8 Å². The number of nitrogens with zero attached hydrogens (tertiary/aromatic N) is 7. The number of aromatic nitrogens is 4. The second-order valence-corrected chi connectivity index (χ2v) is 11.4. The summed E-state index contributed by atoms with van der Waals surface area (Å²) in [4.78, 5) is 24.6. The molecule has 1 amide bonds. The standard InChI is InChI=1S/C22H27F2N9O3S/c1-30-6-8-32(9-7-30)37(35,36)15-2-4-31(5-3-15)19-16(24)11-26-12-17(19)28-22(34)18-20(25)29-33-13-14(23)10-27-21(18)33/h10-13,15H,2-9H2,1H3,(H2,25,29)(H,28,34). The Kier molecular flexibility index (Phi) is 6.68. The van der Waals surface area contributed by atoms with Crippen LogP contribution in [-0.4, -0.2) is 94.7 Å². The molecule has 15 heteroatoms. The van der Waals surface area contributed by atoms with Crippen molar-refractivity contribution < 1.29 is 22.0 Å². The van der Waals surface area contributed by atoms with Crippen LogP contribution in [0.3, 0.4) is 0 Å². The summed E-state index contributed by atoms with van der Waals surface area (Å²) in [5.74, 6) is -2.20. The number of pyridine rings is 1. The van der Waals surface area contributed by atoms with E-state index in [1.54, 1.807) is 9.21 Å². The fraction of sp³-hybridized carbons (Fsp3) is 0.455. The summed E-state index contributed by atoms with van der Waals surface area (Å²) < 4.78 is 57.4. The number of amides is 1. The zero-order valence-electron chi connectivity index (χ0n) is 20.1. The number of carbonyl (C=O) groups excluding carboxylic acids is 1. The highest BCUT2D eigenvalue weighted by molar-refractivity contribution is 7.89. The van der Waals surface area contributed by atoms with Crippen molar-refractivity contribution in [1.29, 1.82) is 0 Å². The zero-order chi connectivity index (χ0) is 26.3. The fourth-order valence-corrected chi connectivity index (χ4v) is 6.70. The van der Waals surface area contributed by atoms with Gasteiger partial charge in [0.05, 0.1) is 35.7 Å². The van der Waals surface area contributed by atoms with Crippen molar-refractivity contribution in [3.05, 3.63) is 42.0 Å². The molecule has 3 N–H and O–H groups in total. The molecular weight excluding hydrogens is 508 g/mol. The Labute approximate surface area is 212 Å². The Morgan fingerprint density at radius 1 is 1.08 bits per heavy atom. The topological polar surface area (TPSA) is 142 Å². The second-order valence-electron chi connectivity index (χ2n) is 9.21. The van der Waals surface area contributed by atoms with Gasteiger partial charge in [0.25, 0.3) is 5.91 Å². The number of carbonyl (C=O) groups is 1. The molecule has 2 fully saturated rings. The molecule has 12 nitrogen and oxygen atoms in total. The number of piperidine rings is 1. The maximum absolute atomic E-state index is 15.0. The largest absolute Gasteiger partial charge is 0.381 e. The van der Waals surface area contributed by atoms with E-state index in [4.69, 9.17) is 5.73 Å². The Balaban J connectivity index is 1.34. The minimum absolute atomic E-state index is 0.0391. The van der Waals surface area contributed by atoms with Crippen LogP contribution in [0.2, 0.25) is 0 Å². The Morgan fingerprint density at radius 2 is 1.78 bits per heavy atom. The number of nitrogens with one attached hydrogen (secondary N) is 1. The summed E-state index contributed by atoms with van der Waals surface area (Å²) in [5, 5.41) is 5.97. The second kappa shape index (κ2) is 9.79. The van der Waals surface area contributed by atoms with Crippen LogP contribution in [0.25, 0.3) is 5.65 Å². The van der Waals surface area contributed by atoms with Crippen molar-refractivity contribution in [3.63, 3.8) is 0 Å². The lowest BCUT2D eigenvalue weighted by Gasteiger charge is -2.38. The van der Waals surface area contributed by atoms with E-state index in [9.17, 15) is 22.0 Å². The first-order valence-corrected chi connectivity index (χ1v) is 13.3. The lowest BCUT2D eigenvalue weighted by atomic mass is 10.1. The Bertz CT molecular complexity index is 1430. The minimum atomic E-state index is -3.46. The summed E-state index contributed by atoms with van der Waals surface area (Å²) in [7, 11) is -1.50. The van der Waals surface area contributed by atoms with Crippen LogP contribution < -0.4 is 16.0 Å². The number of anilines is 3. The molecular formula is C22H27F2N9O3S. The predicted molar refractivity (Wildman–Crippen MR) is 133 cm³/mol. The summed E-state index contributed by atoms with van der Waals surface area (Å²) >= 11 is 0. The van der Waals surface area contributed by atoms with Gasteiger partial charge in [0, 0.05) is 39.3 Å². The van der Waals surface area contributed by atoms with Gasteiger partial charge in [-0.15, -0.1) is 5.10 Å². The van der Waals surface area contributed by atoms with Crippen LogP contribution in [0.5, 0.6) is 0 Å². The number of nitrogen functional groups attached to an aromatic ring is 1. The lowest BCUT2D eigenvalue weighted by molar-refractivity contribution is 0.102. The van der Waals surface area contributed by atoms with Crippen LogP contribution in [-0.2, 0) is 10.0 Å². The molecule has 0 aliphatic carbocycles. The molecule has 2 aliphatic rings. The normalized spacial score (nSPS) is 18.4. The van der Waals surface area contributed by atoms with Gasteiger partial charge in [0.15, 0.2) is 23.1 Å². The van der Waals surface area contributed by atoms with Crippen molar-refractivity contribution in [2.75, 3.05) is 62.3 Å². The van der Waals surface area contributed by atoms with E-state index in [1.807, 2.05) is 7.05 Å². The zero-order valence-corrected chi connectivity index (χ0v) is 21.0. The van der Waals surface area contributed by atoms with Gasteiger partial charge in [-0.3, -0.25) is 9.78 Å². The molecule has 0 saturated carbocycles. The van der Waals surface area contributed by atoms with Gasteiger partial charge in [0.1, 0.15) is 11.3 Å². The monoisotopic (exact) mass is 535 g/mol. The molecule has 0 bridgehead atoms. The molecule has 0 aromatic carbocycles. The first-order valence-electron chi connectivity index (χ1n) is 11.8. The number of hydrogen-bond acceptors (Lipinski definition) is 9. The quantitative estimate of drug-likeness (QED) is 0.485. The SMILES string of the molecule is CN1CCN(S(=O)(=O)C2CCN(c3c(F)cncc3NC(=O)c3c(N)nn4cc(F)cnc34)CC2)CC1. The van der Waals surface area contributed by atoms with E-state index in [1.165, 1.54) is 6.20 Å². The molecule has 2 saturated heterocycles. The maximum atomic E-state index is 15.0. The van der Waals surface area contributed by atoms with E-state index in [0.717, 1.165) is 23.1 Å². The number of hydrogen-bond donors (Lipinski definition) is 2. The maximum Gasteiger partial charge on any atom is 0.263 e. The smallest absolute Gasteiger partial charge is 0.263 e. The van der Waals surface area contributed by atoms with E-state index in [2.05, 4.69) is 25.3 Å². The van der Waals surface area contributed by atoms with Gasteiger partial charge < -0.3 is 20.9 Å². The molecule has 198 valence electrons. The Hall–Kier alpha value is -3.43. The third-order valence-electron chi connectivity index (χ3n) is 6.82. The molecule has 0 radical (unpaired) electrons. The third-order valence-corrected chi connectivity index (χ3v) is 9.22.